The molecule has 0 aliphatic heterocycles. The van der Waals surface area contributed by atoms with Crippen molar-refractivity contribution in [1.82, 2.24) is 5.32 Å². The summed E-state index contributed by atoms with van der Waals surface area (Å²) in [6, 6.07) is 0. The van der Waals surface area contributed by atoms with Crippen LogP contribution in [0, 0.1) is 11.8 Å². The van der Waals surface area contributed by atoms with Crippen LogP contribution in [0.25, 0.3) is 0 Å². The Hall–Kier alpha value is -0.580. The van der Waals surface area contributed by atoms with E-state index in [0.717, 1.165) is 12.8 Å². The average Bonchev–Trinajstić information content (AvgIpc) is 2.82. The molecular formula is C9H17NO3S. The van der Waals surface area contributed by atoms with Crippen molar-refractivity contribution in [2.24, 2.45) is 11.8 Å². The van der Waals surface area contributed by atoms with Gasteiger partial charge in [0.25, 0.3) is 0 Å². The van der Waals surface area contributed by atoms with E-state index in [9.17, 15) is 13.2 Å². The minimum atomic E-state index is -2.96. The van der Waals surface area contributed by atoms with Gasteiger partial charge in [0.05, 0.1) is 5.75 Å². The first-order valence-corrected chi connectivity index (χ1v) is 6.91. The predicted molar refractivity (Wildman–Crippen MR) is 54.6 cm³/mol. The monoisotopic (exact) mass is 219 g/mol. The minimum Gasteiger partial charge on any atom is -0.355 e. The lowest BCUT2D eigenvalue weighted by atomic mass is 10.1. The van der Waals surface area contributed by atoms with E-state index >= 15 is 0 Å². The second-order valence-electron chi connectivity index (χ2n) is 4.05. The van der Waals surface area contributed by atoms with E-state index < -0.39 is 9.84 Å². The molecule has 1 atom stereocenters. The number of hydrogen-bond donors (Lipinski definition) is 1. The number of amides is 1. The minimum absolute atomic E-state index is 0.0175. The van der Waals surface area contributed by atoms with Crippen molar-refractivity contribution in [3.63, 3.8) is 0 Å². The lowest BCUT2D eigenvalue weighted by Crippen LogP contribution is -2.33. The van der Waals surface area contributed by atoms with Crippen LogP contribution in [0.5, 0.6) is 0 Å². The molecule has 1 N–H and O–H groups in total. The van der Waals surface area contributed by atoms with Crippen molar-refractivity contribution in [1.29, 1.82) is 0 Å². The molecule has 0 aromatic carbocycles. The molecule has 0 aromatic heterocycles. The van der Waals surface area contributed by atoms with E-state index in [2.05, 4.69) is 5.32 Å². The van der Waals surface area contributed by atoms with E-state index in [-0.39, 0.29) is 24.1 Å². The molecule has 1 rings (SSSR count). The highest BCUT2D eigenvalue weighted by Gasteiger charge is 2.32. The van der Waals surface area contributed by atoms with Gasteiger partial charge in [-0.15, -0.1) is 0 Å². The first kappa shape index (κ1) is 11.5. The van der Waals surface area contributed by atoms with Gasteiger partial charge in [0.15, 0.2) is 0 Å². The fourth-order valence-electron chi connectivity index (χ4n) is 1.33. The van der Waals surface area contributed by atoms with Gasteiger partial charge in [0.2, 0.25) is 5.91 Å². The summed E-state index contributed by atoms with van der Waals surface area (Å²) < 4.78 is 21.6. The molecule has 0 saturated heterocycles. The van der Waals surface area contributed by atoms with Crippen LogP contribution in [0.3, 0.4) is 0 Å². The van der Waals surface area contributed by atoms with Gasteiger partial charge < -0.3 is 5.32 Å². The van der Waals surface area contributed by atoms with Crippen LogP contribution in [0.1, 0.15) is 19.8 Å². The van der Waals surface area contributed by atoms with Gasteiger partial charge in [-0.25, -0.2) is 8.42 Å². The Kier molecular flexibility index (Phi) is 3.53. The number of sulfone groups is 1. The summed E-state index contributed by atoms with van der Waals surface area (Å²) in [5, 5.41) is 2.64. The normalized spacial score (nSPS) is 19.0. The molecule has 1 fully saturated rings. The standard InChI is InChI=1S/C9H17NO3S/c1-7(8-3-4-8)9(11)10-5-6-14(2,12)13/h7-8H,3-6H2,1-2H3,(H,10,11). The molecule has 1 aliphatic carbocycles. The second-order valence-corrected chi connectivity index (χ2v) is 6.31. The molecule has 14 heavy (non-hydrogen) atoms. The fourth-order valence-corrected chi connectivity index (χ4v) is 1.80. The topological polar surface area (TPSA) is 63.2 Å². The van der Waals surface area contributed by atoms with E-state index in [1.807, 2.05) is 6.92 Å². The van der Waals surface area contributed by atoms with Gasteiger partial charge in [-0.05, 0) is 18.8 Å². The summed E-state index contributed by atoms with van der Waals surface area (Å²) in [6.45, 7) is 2.13. The summed E-state index contributed by atoms with van der Waals surface area (Å²) in [7, 11) is -2.96. The van der Waals surface area contributed by atoms with Crippen LogP contribution in [-0.2, 0) is 14.6 Å². The van der Waals surface area contributed by atoms with E-state index in [1.165, 1.54) is 6.26 Å². The molecule has 0 heterocycles. The Morgan fingerprint density at radius 2 is 2.07 bits per heavy atom. The third-order valence-electron chi connectivity index (χ3n) is 2.51. The van der Waals surface area contributed by atoms with Crippen LogP contribution < -0.4 is 5.32 Å². The molecule has 4 nitrogen and oxygen atoms in total. The van der Waals surface area contributed by atoms with E-state index in [0.29, 0.717) is 5.92 Å². The molecule has 1 unspecified atom stereocenters. The third kappa shape index (κ3) is 4.09. The highest BCUT2D eigenvalue weighted by molar-refractivity contribution is 7.90. The van der Waals surface area contributed by atoms with Gasteiger partial charge in [0.1, 0.15) is 9.84 Å². The van der Waals surface area contributed by atoms with Gasteiger partial charge in [-0.1, -0.05) is 6.92 Å². The largest absolute Gasteiger partial charge is 0.355 e. The number of nitrogens with one attached hydrogen (secondary N) is 1. The Labute approximate surface area is 85.0 Å². The summed E-state index contributed by atoms with van der Waals surface area (Å²) in [4.78, 5) is 11.4. The quantitative estimate of drug-likeness (QED) is 0.718. The van der Waals surface area contributed by atoms with Crippen LogP contribution in [0.4, 0.5) is 0 Å². The molecule has 1 aliphatic rings. The van der Waals surface area contributed by atoms with Crippen molar-refractivity contribution in [3.8, 4) is 0 Å². The Morgan fingerprint density at radius 1 is 1.50 bits per heavy atom. The van der Waals surface area contributed by atoms with Crippen LogP contribution in [-0.4, -0.2) is 32.9 Å². The first-order chi connectivity index (χ1) is 6.40. The maximum atomic E-state index is 11.4. The maximum absolute atomic E-state index is 11.4. The zero-order valence-corrected chi connectivity index (χ0v) is 9.43. The first-order valence-electron chi connectivity index (χ1n) is 4.85. The molecule has 0 spiro atoms. The van der Waals surface area contributed by atoms with E-state index in [4.69, 9.17) is 0 Å². The lowest BCUT2D eigenvalue weighted by Gasteiger charge is -2.10. The highest BCUT2D eigenvalue weighted by Crippen LogP contribution is 2.36. The Bertz CT molecular complexity index is 306. The molecule has 1 amide bonds. The van der Waals surface area contributed by atoms with Crippen molar-refractivity contribution >= 4 is 15.7 Å². The summed E-state index contributed by atoms with van der Waals surface area (Å²) >= 11 is 0. The van der Waals surface area contributed by atoms with Crippen molar-refractivity contribution < 1.29 is 13.2 Å². The van der Waals surface area contributed by atoms with Gasteiger partial charge in [-0.2, -0.15) is 0 Å². The van der Waals surface area contributed by atoms with Crippen LogP contribution in [0.2, 0.25) is 0 Å². The number of hydrogen-bond acceptors (Lipinski definition) is 3. The van der Waals surface area contributed by atoms with Gasteiger partial charge in [-0.3, -0.25) is 4.79 Å². The number of rotatable bonds is 5. The molecule has 0 radical (unpaired) electrons. The van der Waals surface area contributed by atoms with Crippen molar-refractivity contribution in [2.75, 3.05) is 18.6 Å². The number of carbonyl (C=O) groups is 1. The zero-order valence-electron chi connectivity index (χ0n) is 8.62. The lowest BCUT2D eigenvalue weighted by molar-refractivity contribution is -0.124. The number of carbonyl (C=O) groups excluding carboxylic acids is 1. The van der Waals surface area contributed by atoms with Crippen LogP contribution in [0.15, 0.2) is 0 Å². The molecular weight excluding hydrogens is 202 g/mol. The molecule has 0 bridgehead atoms. The van der Waals surface area contributed by atoms with Gasteiger partial charge in [0, 0.05) is 18.7 Å². The third-order valence-corrected chi connectivity index (χ3v) is 3.46. The second kappa shape index (κ2) is 4.29. The average molecular weight is 219 g/mol. The summed E-state index contributed by atoms with van der Waals surface area (Å²) in [5.74, 6) is 0.565. The summed E-state index contributed by atoms with van der Waals surface area (Å²) in [6.07, 6.45) is 3.42. The van der Waals surface area contributed by atoms with Crippen molar-refractivity contribution in [3.05, 3.63) is 0 Å². The molecule has 1 saturated carbocycles. The smallest absolute Gasteiger partial charge is 0.223 e. The SMILES string of the molecule is CC(C(=O)NCCS(C)(=O)=O)C1CC1. The zero-order chi connectivity index (χ0) is 10.8. The molecule has 82 valence electrons. The maximum Gasteiger partial charge on any atom is 0.223 e. The van der Waals surface area contributed by atoms with E-state index in [1.54, 1.807) is 0 Å². The van der Waals surface area contributed by atoms with Gasteiger partial charge >= 0.3 is 0 Å². The Morgan fingerprint density at radius 3 is 2.50 bits per heavy atom. The Balaban J connectivity index is 2.20. The van der Waals surface area contributed by atoms with Crippen molar-refractivity contribution in [2.45, 2.75) is 19.8 Å². The molecule has 0 aromatic rings. The summed E-state index contributed by atoms with van der Waals surface area (Å²) in [5.41, 5.74) is 0. The predicted octanol–water partition coefficient (Wildman–Crippen LogP) is 0.193. The fraction of sp³-hybridized carbons (Fsp3) is 0.889. The van der Waals surface area contributed by atoms with Crippen LogP contribution >= 0.6 is 0 Å². The molecule has 5 heteroatoms. The highest BCUT2D eigenvalue weighted by atomic mass is 32.2.